The van der Waals surface area contributed by atoms with E-state index in [1.54, 1.807) is 13.0 Å². The zero-order valence-corrected chi connectivity index (χ0v) is 11.3. The van der Waals surface area contributed by atoms with E-state index in [4.69, 9.17) is 9.84 Å². The summed E-state index contributed by atoms with van der Waals surface area (Å²) < 4.78 is 44.4. The van der Waals surface area contributed by atoms with E-state index in [9.17, 15) is 18.0 Å². The van der Waals surface area contributed by atoms with Crippen LogP contribution in [-0.4, -0.2) is 30.7 Å². The lowest BCUT2D eigenvalue weighted by Crippen LogP contribution is -2.19. The summed E-state index contributed by atoms with van der Waals surface area (Å²) in [5.74, 6) is -1.20. The largest absolute Gasteiger partial charge is 0.522 e. The van der Waals surface area contributed by atoms with Crippen molar-refractivity contribution in [2.24, 2.45) is 0 Å². The van der Waals surface area contributed by atoms with Crippen LogP contribution in [0.2, 0.25) is 0 Å². The lowest BCUT2D eigenvalue weighted by Gasteiger charge is -2.13. The maximum Gasteiger partial charge on any atom is 0.522 e. The molecule has 0 aromatic heterocycles. The second-order valence-electron chi connectivity index (χ2n) is 3.55. The Morgan fingerprint density at radius 3 is 2.53 bits per heavy atom. The van der Waals surface area contributed by atoms with Gasteiger partial charge in [0.15, 0.2) is 0 Å². The fourth-order valence-electron chi connectivity index (χ4n) is 1.38. The van der Waals surface area contributed by atoms with Crippen molar-refractivity contribution in [1.82, 2.24) is 0 Å². The predicted molar refractivity (Wildman–Crippen MR) is 63.3 cm³/mol. The van der Waals surface area contributed by atoms with Gasteiger partial charge >= 0.3 is 12.3 Å². The SMILES string of the molecule is Cc1cc(Br)cc(C(=O)O)c1OCCOC(F)(F)F. The number of hydrogen-bond acceptors (Lipinski definition) is 3. The van der Waals surface area contributed by atoms with Gasteiger partial charge in [-0.25, -0.2) is 4.79 Å². The molecule has 1 N–H and O–H groups in total. The fraction of sp³-hybridized carbons (Fsp3) is 0.364. The number of aromatic carboxylic acids is 1. The quantitative estimate of drug-likeness (QED) is 0.833. The van der Waals surface area contributed by atoms with Crippen LogP contribution in [-0.2, 0) is 4.74 Å². The minimum absolute atomic E-state index is 0.0291. The minimum atomic E-state index is -4.73. The molecule has 1 rings (SSSR count). The number of carboxylic acid groups (broad SMARTS) is 1. The molecule has 1 aromatic rings. The molecule has 8 heteroatoms. The number of halogens is 4. The maximum absolute atomic E-state index is 11.7. The highest BCUT2D eigenvalue weighted by Crippen LogP contribution is 2.28. The number of carboxylic acids is 1. The van der Waals surface area contributed by atoms with Crippen LogP contribution in [0.1, 0.15) is 15.9 Å². The molecule has 0 saturated carbocycles. The molecule has 1 aromatic carbocycles. The third-order valence-electron chi connectivity index (χ3n) is 2.07. The molecule has 0 spiro atoms. The molecule has 106 valence electrons. The summed E-state index contributed by atoms with van der Waals surface area (Å²) in [5, 5.41) is 8.99. The summed E-state index contributed by atoms with van der Waals surface area (Å²) in [6.07, 6.45) is -4.73. The van der Waals surface area contributed by atoms with Gasteiger partial charge in [0.05, 0.1) is 6.61 Å². The van der Waals surface area contributed by atoms with Crippen molar-refractivity contribution in [2.45, 2.75) is 13.3 Å². The summed E-state index contributed by atoms with van der Waals surface area (Å²) in [6.45, 7) is 0.484. The fourth-order valence-corrected chi connectivity index (χ4v) is 1.95. The van der Waals surface area contributed by atoms with E-state index in [-0.39, 0.29) is 11.3 Å². The number of carbonyl (C=O) groups is 1. The molecule has 0 unspecified atom stereocenters. The second-order valence-corrected chi connectivity index (χ2v) is 4.46. The molecule has 19 heavy (non-hydrogen) atoms. The van der Waals surface area contributed by atoms with Crippen molar-refractivity contribution < 1.29 is 32.5 Å². The van der Waals surface area contributed by atoms with E-state index in [2.05, 4.69) is 20.7 Å². The van der Waals surface area contributed by atoms with Crippen LogP contribution in [0.15, 0.2) is 16.6 Å². The lowest BCUT2D eigenvalue weighted by atomic mass is 10.1. The van der Waals surface area contributed by atoms with E-state index in [1.807, 2.05) is 0 Å². The standard InChI is InChI=1S/C11H10BrF3O4/c1-6-4-7(12)5-8(10(16)17)9(6)18-2-3-19-11(13,14)15/h4-5H,2-3H2,1H3,(H,16,17). The summed E-state index contributed by atoms with van der Waals surface area (Å²) >= 11 is 3.13. The van der Waals surface area contributed by atoms with Gasteiger partial charge in [-0.3, -0.25) is 4.74 Å². The second kappa shape index (κ2) is 6.25. The van der Waals surface area contributed by atoms with E-state index >= 15 is 0 Å². The van der Waals surface area contributed by atoms with Gasteiger partial charge in [0, 0.05) is 4.47 Å². The predicted octanol–water partition coefficient (Wildman–Crippen LogP) is 3.37. The number of rotatable bonds is 5. The van der Waals surface area contributed by atoms with Gasteiger partial charge in [0.1, 0.15) is 17.9 Å². The van der Waals surface area contributed by atoms with E-state index in [1.165, 1.54) is 6.07 Å². The van der Waals surface area contributed by atoms with Crippen molar-refractivity contribution in [2.75, 3.05) is 13.2 Å². The van der Waals surface area contributed by atoms with Crippen LogP contribution in [0.3, 0.4) is 0 Å². The average molecular weight is 343 g/mol. The van der Waals surface area contributed by atoms with Crippen molar-refractivity contribution in [1.29, 1.82) is 0 Å². The molecule has 0 bridgehead atoms. The Kier molecular flexibility index (Phi) is 5.19. The van der Waals surface area contributed by atoms with E-state index < -0.39 is 25.5 Å². The van der Waals surface area contributed by atoms with Gasteiger partial charge in [-0.1, -0.05) is 15.9 Å². The number of ether oxygens (including phenoxy) is 2. The first-order valence-corrected chi connectivity index (χ1v) is 5.87. The highest BCUT2D eigenvalue weighted by Gasteiger charge is 2.28. The van der Waals surface area contributed by atoms with Crippen LogP contribution < -0.4 is 4.74 Å². The Balaban J connectivity index is 2.75. The monoisotopic (exact) mass is 342 g/mol. The van der Waals surface area contributed by atoms with Crippen molar-refractivity contribution in [3.63, 3.8) is 0 Å². The van der Waals surface area contributed by atoms with Gasteiger partial charge in [-0.15, -0.1) is 13.2 Å². The van der Waals surface area contributed by atoms with E-state index in [0.717, 1.165) is 0 Å². The Morgan fingerprint density at radius 2 is 2.00 bits per heavy atom. The van der Waals surface area contributed by atoms with Crippen molar-refractivity contribution in [3.8, 4) is 5.75 Å². The molecule has 0 fully saturated rings. The van der Waals surface area contributed by atoms with Gasteiger partial charge in [0.2, 0.25) is 0 Å². The topological polar surface area (TPSA) is 55.8 Å². The average Bonchev–Trinajstić information content (AvgIpc) is 2.24. The molecule has 0 aliphatic rings. The Morgan fingerprint density at radius 1 is 1.37 bits per heavy atom. The van der Waals surface area contributed by atoms with Crippen LogP contribution in [0.5, 0.6) is 5.75 Å². The Labute approximate surface area is 115 Å². The molecule has 0 heterocycles. The lowest BCUT2D eigenvalue weighted by molar-refractivity contribution is -0.325. The van der Waals surface area contributed by atoms with Gasteiger partial charge in [-0.2, -0.15) is 0 Å². The Bertz CT molecular complexity index is 474. The van der Waals surface area contributed by atoms with Crippen molar-refractivity contribution in [3.05, 3.63) is 27.7 Å². The summed E-state index contributed by atoms with van der Waals surface area (Å²) in [7, 11) is 0. The molecule has 0 saturated heterocycles. The first-order chi connectivity index (χ1) is 8.70. The molecular formula is C11H10BrF3O4. The molecule has 0 aliphatic heterocycles. The van der Waals surface area contributed by atoms with Crippen LogP contribution in [0, 0.1) is 6.92 Å². The number of benzene rings is 1. The summed E-state index contributed by atoms with van der Waals surface area (Å²) in [4.78, 5) is 11.0. The third-order valence-corrected chi connectivity index (χ3v) is 2.52. The van der Waals surface area contributed by atoms with Crippen LogP contribution in [0.25, 0.3) is 0 Å². The first-order valence-electron chi connectivity index (χ1n) is 5.07. The Hall–Kier alpha value is -1.28. The molecule has 0 atom stereocenters. The molecular weight excluding hydrogens is 333 g/mol. The number of aryl methyl sites for hydroxylation is 1. The van der Waals surface area contributed by atoms with Crippen LogP contribution >= 0.6 is 15.9 Å². The molecule has 4 nitrogen and oxygen atoms in total. The highest BCUT2D eigenvalue weighted by molar-refractivity contribution is 9.10. The van der Waals surface area contributed by atoms with E-state index in [0.29, 0.717) is 10.0 Å². The zero-order chi connectivity index (χ0) is 14.6. The molecule has 0 radical (unpaired) electrons. The van der Waals surface area contributed by atoms with Gasteiger partial charge in [-0.05, 0) is 24.6 Å². The van der Waals surface area contributed by atoms with Crippen molar-refractivity contribution >= 4 is 21.9 Å². The normalized spacial score (nSPS) is 11.4. The summed E-state index contributed by atoms with van der Waals surface area (Å²) in [5.41, 5.74) is 0.373. The molecule has 0 amide bonds. The number of alkyl halides is 3. The first kappa shape index (κ1) is 15.8. The van der Waals surface area contributed by atoms with Gasteiger partial charge < -0.3 is 9.84 Å². The number of hydrogen-bond donors (Lipinski definition) is 1. The molecule has 0 aliphatic carbocycles. The summed E-state index contributed by atoms with van der Waals surface area (Å²) in [6, 6.07) is 2.92. The zero-order valence-electron chi connectivity index (χ0n) is 9.75. The smallest absolute Gasteiger partial charge is 0.490 e. The third kappa shape index (κ3) is 5.07. The van der Waals surface area contributed by atoms with Gasteiger partial charge in [0.25, 0.3) is 0 Å². The minimum Gasteiger partial charge on any atom is -0.490 e. The highest BCUT2D eigenvalue weighted by atomic mass is 79.9. The van der Waals surface area contributed by atoms with Crippen LogP contribution in [0.4, 0.5) is 13.2 Å². The maximum atomic E-state index is 11.7.